The predicted molar refractivity (Wildman–Crippen MR) is 22.3 cm³/mol. The molecule has 0 rings (SSSR count). The first-order valence-electron chi connectivity index (χ1n) is 1.88. The lowest BCUT2D eigenvalue weighted by Crippen LogP contribution is -2.21. The zero-order valence-electron chi connectivity index (χ0n) is 3.97. The van der Waals surface area contributed by atoms with E-state index in [9.17, 15) is 4.79 Å². The molecule has 0 aromatic heterocycles. The third kappa shape index (κ3) is 3.05. The smallest absolute Gasteiger partial charge is 0.424 e. The zero-order valence-corrected chi connectivity index (χ0v) is 3.97. The maximum atomic E-state index is 9.83. The van der Waals surface area contributed by atoms with Crippen LogP contribution in [0.3, 0.4) is 0 Å². The van der Waals surface area contributed by atoms with Gasteiger partial charge in [-0.15, -0.1) is 0 Å². The number of hydrogen-bond acceptors (Lipinski definition) is 2. The lowest BCUT2D eigenvalue weighted by atomic mass is 10.9. The van der Waals surface area contributed by atoms with Gasteiger partial charge < -0.3 is 4.74 Å². The summed E-state index contributed by atoms with van der Waals surface area (Å²) in [6.45, 7) is 1.92. The number of nitrogens with zero attached hydrogens (tertiary/aromatic N) is 1. The van der Waals surface area contributed by atoms with Crippen molar-refractivity contribution in [3.8, 4) is 0 Å². The molecule has 0 aliphatic rings. The van der Waals surface area contributed by atoms with Crippen molar-refractivity contribution in [3.05, 3.63) is 0 Å². The lowest BCUT2D eigenvalue weighted by molar-refractivity contribution is 0.151. The van der Waals surface area contributed by atoms with Crippen LogP contribution in [0.2, 0.25) is 0 Å². The van der Waals surface area contributed by atoms with E-state index in [2.05, 4.69) is 4.74 Å². The van der Waals surface area contributed by atoms with Gasteiger partial charge in [-0.05, 0) is 12.8 Å². The standard InChI is InChI=1S/C3H6N2O2/c1-2-7-3(6)5-4/h2H2,1H3,(H,5,6). The van der Waals surface area contributed by atoms with Crippen LogP contribution in [-0.2, 0) is 4.74 Å². The molecule has 7 heavy (non-hydrogen) atoms. The van der Waals surface area contributed by atoms with Crippen LogP contribution in [0.4, 0.5) is 4.79 Å². The molecule has 40 valence electrons. The maximum absolute atomic E-state index is 9.83. The fraction of sp³-hybridized carbons (Fsp3) is 0.667. The Bertz CT molecular complexity index is 64.0. The van der Waals surface area contributed by atoms with E-state index in [0.717, 1.165) is 0 Å². The second-order valence-electron chi connectivity index (χ2n) is 0.832. The highest BCUT2D eigenvalue weighted by Gasteiger charge is 1.91. The van der Waals surface area contributed by atoms with Gasteiger partial charge in [0.1, 0.15) is 0 Å². The van der Waals surface area contributed by atoms with Crippen molar-refractivity contribution in [1.29, 1.82) is 0 Å². The van der Waals surface area contributed by atoms with Crippen LogP contribution >= 0.6 is 0 Å². The van der Waals surface area contributed by atoms with Gasteiger partial charge in [-0.25, -0.2) is 10.2 Å². The molecule has 0 heterocycles. The molecule has 0 aromatic rings. The minimum atomic E-state index is -0.817. The Morgan fingerprint density at radius 3 is 2.71 bits per heavy atom. The monoisotopic (exact) mass is 102 g/mol. The molecule has 0 aromatic carbocycles. The Hall–Kier alpha value is -0.770. The molecule has 0 unspecified atom stereocenters. The highest BCUT2D eigenvalue weighted by atomic mass is 16.5. The number of amides is 1. The quantitative estimate of drug-likeness (QED) is 0.463. The average Bonchev–Trinajstić information content (AvgIpc) is 1.68. The molecule has 4 heteroatoms. The topological polar surface area (TPSA) is 60.6 Å². The Kier molecular flexibility index (Phi) is 3.04. The molecule has 0 aliphatic heterocycles. The summed E-state index contributed by atoms with van der Waals surface area (Å²) in [5.41, 5.74) is 1.30. The first kappa shape index (κ1) is 6.23. The van der Waals surface area contributed by atoms with Gasteiger partial charge in [0, 0.05) is 0 Å². The van der Waals surface area contributed by atoms with Crippen LogP contribution in [0, 0.1) is 0 Å². The molecule has 4 nitrogen and oxygen atoms in total. The van der Waals surface area contributed by atoms with Gasteiger partial charge in [0.15, 0.2) is 0 Å². The van der Waals surface area contributed by atoms with Gasteiger partial charge in [-0.1, -0.05) is 0 Å². The molecule has 2 radical (unpaired) electrons. The van der Waals surface area contributed by atoms with Crippen LogP contribution in [0.25, 0.3) is 0 Å². The summed E-state index contributed by atoms with van der Waals surface area (Å²) in [6, 6.07) is 0. The van der Waals surface area contributed by atoms with E-state index in [0.29, 0.717) is 0 Å². The molecule has 1 amide bonds. The SMILES string of the molecule is CCOC(=O)N[N]. The summed E-state index contributed by atoms with van der Waals surface area (Å²) < 4.78 is 4.19. The van der Waals surface area contributed by atoms with E-state index in [-0.39, 0.29) is 6.61 Å². The van der Waals surface area contributed by atoms with Gasteiger partial charge in [0.2, 0.25) is 0 Å². The maximum Gasteiger partial charge on any atom is 0.424 e. The van der Waals surface area contributed by atoms with Crippen molar-refractivity contribution >= 4 is 6.09 Å². The van der Waals surface area contributed by atoms with Crippen LogP contribution in [0.15, 0.2) is 0 Å². The Morgan fingerprint density at radius 2 is 2.57 bits per heavy atom. The van der Waals surface area contributed by atoms with E-state index in [4.69, 9.17) is 5.84 Å². The van der Waals surface area contributed by atoms with Crippen molar-refractivity contribution in [2.45, 2.75) is 6.92 Å². The zero-order chi connectivity index (χ0) is 5.70. The molecule has 0 spiro atoms. The summed E-state index contributed by atoms with van der Waals surface area (Å²) >= 11 is 0. The van der Waals surface area contributed by atoms with Crippen molar-refractivity contribution in [1.82, 2.24) is 11.3 Å². The van der Waals surface area contributed by atoms with E-state index in [1.165, 1.54) is 5.43 Å². The number of rotatable bonds is 1. The Morgan fingerprint density at radius 1 is 2.00 bits per heavy atom. The first-order chi connectivity index (χ1) is 3.31. The van der Waals surface area contributed by atoms with E-state index < -0.39 is 6.09 Å². The fourth-order valence-corrected chi connectivity index (χ4v) is 0.163. The van der Waals surface area contributed by atoms with E-state index in [1.54, 1.807) is 6.92 Å². The Labute approximate surface area is 41.6 Å². The molecular formula is C3H6N2O2. The Balaban J connectivity index is 3.00. The van der Waals surface area contributed by atoms with Crippen LogP contribution < -0.4 is 11.3 Å². The summed E-state index contributed by atoms with van der Waals surface area (Å²) in [7, 11) is 0. The lowest BCUT2D eigenvalue weighted by Gasteiger charge is -1.93. The second kappa shape index (κ2) is 3.42. The van der Waals surface area contributed by atoms with E-state index in [1.807, 2.05) is 0 Å². The molecule has 0 fully saturated rings. The minimum Gasteiger partial charge on any atom is -0.449 e. The van der Waals surface area contributed by atoms with Crippen molar-refractivity contribution in [3.63, 3.8) is 0 Å². The number of carbonyl (C=O) groups is 1. The van der Waals surface area contributed by atoms with Gasteiger partial charge in [0.25, 0.3) is 0 Å². The van der Waals surface area contributed by atoms with Crippen molar-refractivity contribution in [2.24, 2.45) is 0 Å². The average molecular weight is 102 g/mol. The van der Waals surface area contributed by atoms with Crippen molar-refractivity contribution < 1.29 is 9.53 Å². The summed E-state index contributed by atoms with van der Waals surface area (Å²) in [6.07, 6.45) is -0.817. The molecular weight excluding hydrogens is 96.0 g/mol. The molecule has 0 saturated heterocycles. The van der Waals surface area contributed by atoms with Crippen molar-refractivity contribution in [2.75, 3.05) is 6.61 Å². The fourth-order valence-electron chi connectivity index (χ4n) is 0.163. The van der Waals surface area contributed by atoms with E-state index >= 15 is 0 Å². The number of carbonyl (C=O) groups excluding carboxylic acids is 1. The van der Waals surface area contributed by atoms with Crippen LogP contribution in [-0.4, -0.2) is 12.7 Å². The second-order valence-corrected chi connectivity index (χ2v) is 0.832. The highest BCUT2D eigenvalue weighted by Crippen LogP contribution is 1.70. The van der Waals surface area contributed by atoms with Gasteiger partial charge in [-0.3, -0.25) is 0 Å². The highest BCUT2D eigenvalue weighted by molar-refractivity contribution is 5.65. The van der Waals surface area contributed by atoms with Gasteiger partial charge >= 0.3 is 6.09 Å². The summed E-state index contributed by atoms with van der Waals surface area (Å²) in [5.74, 6) is 7.74. The van der Waals surface area contributed by atoms with Crippen LogP contribution in [0.5, 0.6) is 0 Å². The normalized spacial score (nSPS) is 7.71. The van der Waals surface area contributed by atoms with Gasteiger partial charge in [-0.2, -0.15) is 0 Å². The molecule has 0 saturated carbocycles. The molecule has 0 atom stereocenters. The molecule has 1 N–H and O–H groups in total. The third-order valence-electron chi connectivity index (χ3n) is 0.367. The molecule has 0 bridgehead atoms. The summed E-state index contributed by atoms with van der Waals surface area (Å²) in [4.78, 5) is 9.83. The van der Waals surface area contributed by atoms with Gasteiger partial charge in [0.05, 0.1) is 6.61 Å². The summed E-state index contributed by atoms with van der Waals surface area (Å²) in [5, 5.41) is 0. The third-order valence-corrected chi connectivity index (χ3v) is 0.367. The number of hydrogen-bond donors (Lipinski definition) is 1. The number of nitrogens with one attached hydrogen (secondary N) is 1. The van der Waals surface area contributed by atoms with Crippen LogP contribution in [0.1, 0.15) is 6.92 Å². The first-order valence-corrected chi connectivity index (χ1v) is 1.88. The molecule has 0 aliphatic carbocycles. The largest absolute Gasteiger partial charge is 0.449 e. The minimum absolute atomic E-state index is 0.270. The number of ether oxygens (including phenoxy) is 1. The predicted octanol–water partition coefficient (Wildman–Crippen LogP) is -0.284.